The van der Waals surface area contributed by atoms with Crippen molar-refractivity contribution < 1.29 is 19.1 Å². The van der Waals surface area contributed by atoms with E-state index in [0.717, 1.165) is 6.42 Å². The van der Waals surface area contributed by atoms with Crippen LogP contribution in [0.1, 0.15) is 27.2 Å². The van der Waals surface area contributed by atoms with Gasteiger partial charge in [0.15, 0.2) is 12.7 Å². The number of halogens is 2. The highest BCUT2D eigenvalue weighted by molar-refractivity contribution is 6.35. The number of hydrogen-bond donors (Lipinski definition) is 1. The molecular formula is C16H21Cl2NO4. The summed E-state index contributed by atoms with van der Waals surface area (Å²) in [7, 11) is 0. The minimum Gasteiger partial charge on any atom is -0.477 e. The summed E-state index contributed by atoms with van der Waals surface area (Å²) in [5.74, 6) is -0.164. The van der Waals surface area contributed by atoms with E-state index in [1.807, 2.05) is 0 Å². The fourth-order valence-corrected chi connectivity index (χ4v) is 2.07. The van der Waals surface area contributed by atoms with Gasteiger partial charge >= 0.3 is 5.97 Å². The molecule has 0 aliphatic rings. The van der Waals surface area contributed by atoms with E-state index in [1.165, 1.54) is 13.0 Å². The van der Waals surface area contributed by atoms with Crippen molar-refractivity contribution in [2.24, 2.45) is 5.92 Å². The van der Waals surface area contributed by atoms with Crippen molar-refractivity contribution >= 4 is 35.1 Å². The second-order valence-electron chi connectivity index (χ2n) is 5.48. The van der Waals surface area contributed by atoms with Gasteiger partial charge in [-0.3, -0.25) is 4.79 Å². The van der Waals surface area contributed by atoms with E-state index in [0.29, 0.717) is 28.3 Å². The van der Waals surface area contributed by atoms with Gasteiger partial charge in [0.1, 0.15) is 5.75 Å². The molecule has 0 bridgehead atoms. The summed E-state index contributed by atoms with van der Waals surface area (Å²) in [4.78, 5) is 23.4. The molecule has 1 N–H and O–H groups in total. The maximum atomic E-state index is 11.8. The molecule has 0 radical (unpaired) electrons. The highest BCUT2D eigenvalue weighted by Gasteiger charge is 2.19. The van der Waals surface area contributed by atoms with Crippen LogP contribution in [0.25, 0.3) is 0 Å². The highest BCUT2D eigenvalue weighted by Crippen LogP contribution is 2.28. The smallest absolute Gasteiger partial charge is 0.347 e. The molecule has 0 saturated carbocycles. The molecule has 0 unspecified atom stereocenters. The van der Waals surface area contributed by atoms with Crippen molar-refractivity contribution in [1.82, 2.24) is 5.32 Å². The van der Waals surface area contributed by atoms with Gasteiger partial charge in [0, 0.05) is 11.6 Å². The third-order valence-electron chi connectivity index (χ3n) is 2.92. The zero-order valence-corrected chi connectivity index (χ0v) is 14.9. The molecule has 1 atom stereocenters. The summed E-state index contributed by atoms with van der Waals surface area (Å²) in [6.45, 7) is 5.86. The lowest BCUT2D eigenvalue weighted by atomic mass is 10.1. The molecule has 5 nitrogen and oxygen atoms in total. The quantitative estimate of drug-likeness (QED) is 0.720. The summed E-state index contributed by atoms with van der Waals surface area (Å²) in [6, 6.07) is 4.68. The van der Waals surface area contributed by atoms with E-state index >= 15 is 0 Å². The Hall–Kier alpha value is -1.46. The van der Waals surface area contributed by atoms with Crippen LogP contribution in [0.5, 0.6) is 5.75 Å². The molecule has 0 spiro atoms. The standard InChI is InChI=1S/C16H21Cl2NO4/c1-10(2)6-7-19-15(20)9-22-16(21)11(3)23-14-5-4-12(17)8-13(14)18/h4-5,8,10-11H,6-7,9H2,1-3H3,(H,19,20)/t11-/m1/s1. The molecule has 0 aliphatic heterocycles. The number of amides is 1. The van der Waals surface area contributed by atoms with E-state index in [4.69, 9.17) is 32.7 Å². The molecule has 0 saturated heterocycles. The first kappa shape index (κ1) is 19.6. The van der Waals surface area contributed by atoms with Crippen molar-refractivity contribution in [1.29, 1.82) is 0 Å². The van der Waals surface area contributed by atoms with Crippen LogP contribution in [-0.2, 0) is 14.3 Å². The zero-order valence-electron chi connectivity index (χ0n) is 13.4. The lowest BCUT2D eigenvalue weighted by Gasteiger charge is -2.15. The number of ether oxygens (including phenoxy) is 2. The molecule has 1 amide bonds. The van der Waals surface area contributed by atoms with Gasteiger partial charge in [-0.15, -0.1) is 0 Å². The van der Waals surface area contributed by atoms with Gasteiger partial charge in [-0.1, -0.05) is 37.0 Å². The summed E-state index contributed by atoms with van der Waals surface area (Å²) < 4.78 is 10.3. The van der Waals surface area contributed by atoms with E-state index in [2.05, 4.69) is 19.2 Å². The predicted octanol–water partition coefficient (Wildman–Crippen LogP) is 3.47. The van der Waals surface area contributed by atoms with Crippen LogP contribution in [-0.4, -0.2) is 31.1 Å². The van der Waals surface area contributed by atoms with Gasteiger partial charge < -0.3 is 14.8 Å². The van der Waals surface area contributed by atoms with Gasteiger partial charge in [-0.25, -0.2) is 4.79 Å². The third-order valence-corrected chi connectivity index (χ3v) is 3.45. The first-order valence-corrected chi connectivity index (χ1v) is 8.10. The summed E-state index contributed by atoms with van der Waals surface area (Å²) in [5.41, 5.74) is 0. The third kappa shape index (κ3) is 7.57. The van der Waals surface area contributed by atoms with Crippen LogP contribution in [0.15, 0.2) is 18.2 Å². The average molecular weight is 362 g/mol. The lowest BCUT2D eigenvalue weighted by Crippen LogP contribution is -2.33. The summed E-state index contributed by atoms with van der Waals surface area (Å²) in [6.07, 6.45) is -0.0222. The number of rotatable bonds is 8. The molecule has 1 rings (SSSR count). The maximum Gasteiger partial charge on any atom is 0.347 e. The number of carbonyl (C=O) groups excluding carboxylic acids is 2. The van der Waals surface area contributed by atoms with Crippen LogP contribution >= 0.6 is 23.2 Å². The van der Waals surface area contributed by atoms with Crippen molar-refractivity contribution in [3.63, 3.8) is 0 Å². The van der Waals surface area contributed by atoms with Crippen LogP contribution < -0.4 is 10.1 Å². The largest absolute Gasteiger partial charge is 0.477 e. The first-order valence-electron chi connectivity index (χ1n) is 7.34. The van der Waals surface area contributed by atoms with Gasteiger partial charge in [0.25, 0.3) is 5.91 Å². The second-order valence-corrected chi connectivity index (χ2v) is 6.32. The zero-order chi connectivity index (χ0) is 17.4. The number of hydrogen-bond acceptors (Lipinski definition) is 4. The molecule has 7 heteroatoms. The SMILES string of the molecule is CC(C)CCNC(=O)COC(=O)[C@@H](C)Oc1ccc(Cl)cc1Cl. The molecule has 23 heavy (non-hydrogen) atoms. The minimum absolute atomic E-state index is 0.295. The molecular weight excluding hydrogens is 341 g/mol. The number of nitrogens with one attached hydrogen (secondary N) is 1. The van der Waals surface area contributed by atoms with Crippen LogP contribution in [0.4, 0.5) is 0 Å². The molecule has 0 aromatic heterocycles. The number of benzene rings is 1. The first-order chi connectivity index (χ1) is 10.8. The van der Waals surface area contributed by atoms with E-state index in [9.17, 15) is 9.59 Å². The van der Waals surface area contributed by atoms with E-state index < -0.39 is 12.1 Å². The van der Waals surface area contributed by atoms with Crippen LogP contribution in [0.3, 0.4) is 0 Å². The molecule has 1 aromatic carbocycles. The molecule has 0 aliphatic carbocycles. The predicted molar refractivity (Wildman–Crippen MR) is 90.0 cm³/mol. The molecule has 0 fully saturated rings. The normalized spacial score (nSPS) is 11.9. The molecule has 1 aromatic rings. The van der Waals surface area contributed by atoms with Crippen LogP contribution in [0, 0.1) is 5.92 Å². The van der Waals surface area contributed by atoms with Crippen molar-refractivity contribution in [3.05, 3.63) is 28.2 Å². The Labute approximate surface area is 146 Å². The van der Waals surface area contributed by atoms with Gasteiger partial charge in [-0.2, -0.15) is 0 Å². The molecule has 0 heterocycles. The maximum absolute atomic E-state index is 11.8. The second kappa shape index (κ2) is 9.63. The highest BCUT2D eigenvalue weighted by atomic mass is 35.5. The Morgan fingerprint density at radius 3 is 2.52 bits per heavy atom. The molecule has 128 valence electrons. The Bertz CT molecular complexity index is 549. The Balaban J connectivity index is 2.37. The van der Waals surface area contributed by atoms with Crippen molar-refractivity contribution in [3.8, 4) is 5.75 Å². The fraction of sp³-hybridized carbons (Fsp3) is 0.500. The average Bonchev–Trinajstić information content (AvgIpc) is 2.47. The fourth-order valence-electron chi connectivity index (χ4n) is 1.61. The Morgan fingerprint density at radius 1 is 1.22 bits per heavy atom. The number of carbonyl (C=O) groups is 2. The Kier molecular flexibility index (Phi) is 8.20. The van der Waals surface area contributed by atoms with E-state index in [-0.39, 0.29) is 12.5 Å². The summed E-state index contributed by atoms with van der Waals surface area (Å²) in [5, 5.41) is 3.44. The minimum atomic E-state index is -0.892. The number of esters is 1. The topological polar surface area (TPSA) is 64.6 Å². The van der Waals surface area contributed by atoms with Crippen LogP contribution in [0.2, 0.25) is 10.0 Å². The van der Waals surface area contributed by atoms with Gasteiger partial charge in [0.05, 0.1) is 5.02 Å². The van der Waals surface area contributed by atoms with Gasteiger partial charge in [-0.05, 0) is 37.5 Å². The van der Waals surface area contributed by atoms with Crippen molar-refractivity contribution in [2.45, 2.75) is 33.3 Å². The Morgan fingerprint density at radius 2 is 1.91 bits per heavy atom. The lowest BCUT2D eigenvalue weighted by molar-refractivity contribution is -0.154. The van der Waals surface area contributed by atoms with E-state index in [1.54, 1.807) is 12.1 Å². The van der Waals surface area contributed by atoms with Crippen molar-refractivity contribution in [2.75, 3.05) is 13.2 Å². The summed E-state index contributed by atoms with van der Waals surface area (Å²) >= 11 is 11.7. The van der Waals surface area contributed by atoms with Gasteiger partial charge in [0.2, 0.25) is 0 Å². The monoisotopic (exact) mass is 361 g/mol.